The van der Waals surface area contributed by atoms with Gasteiger partial charge in [-0.25, -0.2) is 0 Å². The van der Waals surface area contributed by atoms with Gasteiger partial charge in [-0.1, -0.05) is 215 Å². The van der Waals surface area contributed by atoms with E-state index < -0.39 is 23.8 Å². The van der Waals surface area contributed by atoms with Crippen LogP contribution in [0.5, 0.6) is 0 Å². The molecule has 0 aliphatic heterocycles. The van der Waals surface area contributed by atoms with Crippen molar-refractivity contribution in [1.29, 1.82) is 0 Å². The summed E-state index contributed by atoms with van der Waals surface area (Å²) in [5, 5.41) is 19.9. The Morgan fingerprint density at radius 1 is 0.366 bits per heavy atom. The van der Waals surface area contributed by atoms with Gasteiger partial charge in [0.25, 0.3) is 0 Å². The summed E-state index contributed by atoms with van der Waals surface area (Å²) in [6, 6.07) is 65.7. The molecule has 2 atom stereocenters. The maximum absolute atomic E-state index is 12.2. The second kappa shape index (κ2) is 28.0. The zero-order valence-corrected chi connectivity index (χ0v) is 40.2. The molecular formula is C62H57O9-. The van der Waals surface area contributed by atoms with Gasteiger partial charge in [0.1, 0.15) is 0 Å². The first kappa shape index (κ1) is 54.9. The molecule has 0 aliphatic rings. The van der Waals surface area contributed by atoms with Crippen molar-refractivity contribution in [3.8, 4) is 0 Å². The highest BCUT2D eigenvalue weighted by Crippen LogP contribution is 2.21. The van der Waals surface area contributed by atoms with Crippen molar-refractivity contribution in [1.82, 2.24) is 0 Å². The van der Waals surface area contributed by atoms with E-state index in [0.29, 0.717) is 33.4 Å². The quantitative estimate of drug-likeness (QED) is 0.105. The Morgan fingerprint density at radius 3 is 0.887 bits per heavy atom. The summed E-state index contributed by atoms with van der Waals surface area (Å²) >= 11 is 0. The standard InChI is InChI=1S/2C16H14O3.2C15H14O.H2O/c2*1-11(16(18)19)13-8-5-9-14(10-13)15(17)12-6-3-2-4-7-12;2*1-2-12-7-6-10-14(11-12)15(16)13-8-4-3-5-9-13;/h2*2-11H,1H3,(H,18,19);2*3-11H,2H2,1H3;1H2/p-1. The minimum atomic E-state index is -1.15. The van der Waals surface area contributed by atoms with Crippen molar-refractivity contribution in [2.75, 3.05) is 0 Å². The van der Waals surface area contributed by atoms with Gasteiger partial charge in [0.15, 0.2) is 23.1 Å². The Bertz CT molecular complexity index is 2800. The Morgan fingerprint density at radius 2 is 0.620 bits per heavy atom. The van der Waals surface area contributed by atoms with Crippen LogP contribution in [0, 0.1) is 0 Å². The first-order chi connectivity index (χ1) is 33.8. The number of rotatable bonds is 14. The molecule has 0 aliphatic carbocycles. The smallest absolute Gasteiger partial charge is 0.310 e. The van der Waals surface area contributed by atoms with Crippen molar-refractivity contribution < 1.29 is 44.5 Å². The van der Waals surface area contributed by atoms with E-state index in [4.69, 9.17) is 5.11 Å². The number of aliphatic carboxylic acids is 2. The molecule has 8 aromatic rings. The van der Waals surface area contributed by atoms with Gasteiger partial charge < -0.3 is 20.5 Å². The van der Waals surface area contributed by atoms with Crippen LogP contribution in [0.3, 0.4) is 0 Å². The van der Waals surface area contributed by atoms with Crippen molar-refractivity contribution >= 4 is 35.1 Å². The number of benzene rings is 8. The molecule has 360 valence electrons. The van der Waals surface area contributed by atoms with Gasteiger partial charge in [-0.3, -0.25) is 24.0 Å². The molecule has 0 fully saturated rings. The van der Waals surface area contributed by atoms with Gasteiger partial charge in [0.2, 0.25) is 0 Å². The molecule has 3 N–H and O–H groups in total. The minimum absolute atomic E-state index is 0. The topological polar surface area (TPSA) is 177 Å². The molecule has 8 aromatic carbocycles. The Labute approximate surface area is 415 Å². The van der Waals surface area contributed by atoms with Gasteiger partial charge >= 0.3 is 5.97 Å². The van der Waals surface area contributed by atoms with E-state index in [1.807, 2.05) is 121 Å². The third kappa shape index (κ3) is 16.2. The molecule has 0 saturated carbocycles. The molecule has 0 amide bonds. The first-order valence-electron chi connectivity index (χ1n) is 23.0. The maximum Gasteiger partial charge on any atom is 0.310 e. The fourth-order valence-electron chi connectivity index (χ4n) is 7.07. The molecule has 2 unspecified atom stereocenters. The van der Waals surface area contributed by atoms with Crippen LogP contribution in [0.15, 0.2) is 218 Å². The zero-order chi connectivity index (χ0) is 50.4. The summed E-state index contributed by atoms with van der Waals surface area (Å²) in [7, 11) is 0. The summed E-state index contributed by atoms with van der Waals surface area (Å²) in [4.78, 5) is 70.5. The van der Waals surface area contributed by atoms with E-state index >= 15 is 0 Å². The van der Waals surface area contributed by atoms with E-state index in [1.54, 1.807) is 111 Å². The average molecular weight is 946 g/mol. The van der Waals surface area contributed by atoms with Crippen molar-refractivity contribution in [3.63, 3.8) is 0 Å². The fourth-order valence-corrected chi connectivity index (χ4v) is 7.07. The van der Waals surface area contributed by atoms with Gasteiger partial charge in [-0.05, 0) is 66.3 Å². The molecule has 0 radical (unpaired) electrons. The highest BCUT2D eigenvalue weighted by atomic mass is 16.4. The molecule has 71 heavy (non-hydrogen) atoms. The second-order valence-corrected chi connectivity index (χ2v) is 16.2. The lowest BCUT2D eigenvalue weighted by molar-refractivity contribution is -0.307. The monoisotopic (exact) mass is 945 g/mol. The SMILES string of the molecule is CC(C(=O)O)c1cccc(C(=O)c2ccccc2)c1.CC(C(=O)[O-])c1cccc(C(=O)c2ccccc2)c1.CCc1cccc(C(=O)c2ccccc2)c1.CCc1cccc(C(=O)c2ccccc2)c1.O. The lowest BCUT2D eigenvalue weighted by Gasteiger charge is -2.13. The van der Waals surface area contributed by atoms with Crippen LogP contribution in [0.1, 0.15) is 125 Å². The Balaban J connectivity index is 0.000000205. The second-order valence-electron chi connectivity index (χ2n) is 16.2. The average Bonchev–Trinajstić information content (AvgIpc) is 3.43. The maximum atomic E-state index is 12.2. The van der Waals surface area contributed by atoms with Gasteiger partial charge in [-0.15, -0.1) is 0 Å². The number of ketones is 4. The molecule has 0 spiro atoms. The minimum Gasteiger partial charge on any atom is -0.550 e. The van der Waals surface area contributed by atoms with Crippen LogP contribution in [-0.4, -0.2) is 45.7 Å². The lowest BCUT2D eigenvalue weighted by Crippen LogP contribution is -2.28. The van der Waals surface area contributed by atoms with E-state index in [2.05, 4.69) is 13.8 Å². The summed E-state index contributed by atoms with van der Waals surface area (Å²) in [6.07, 6.45) is 1.91. The van der Waals surface area contributed by atoms with E-state index in [-0.39, 0.29) is 28.6 Å². The van der Waals surface area contributed by atoms with Crippen LogP contribution in [0.4, 0.5) is 0 Å². The van der Waals surface area contributed by atoms with E-state index in [9.17, 15) is 33.9 Å². The summed E-state index contributed by atoms with van der Waals surface area (Å²) in [6.45, 7) is 7.33. The first-order valence-corrected chi connectivity index (χ1v) is 23.0. The van der Waals surface area contributed by atoms with Crippen LogP contribution in [0.25, 0.3) is 0 Å². The molecule has 0 heterocycles. The molecule has 0 saturated heterocycles. The summed E-state index contributed by atoms with van der Waals surface area (Å²) in [5.74, 6) is -3.43. The summed E-state index contributed by atoms with van der Waals surface area (Å²) < 4.78 is 0. The van der Waals surface area contributed by atoms with Gasteiger partial charge in [0, 0.05) is 56.4 Å². The molecule has 0 aromatic heterocycles. The number of hydrogen-bond donors (Lipinski definition) is 1. The number of aryl methyl sites for hydroxylation is 2. The molecular weight excluding hydrogens is 889 g/mol. The number of carboxylic acid groups (broad SMARTS) is 2. The molecule has 9 nitrogen and oxygen atoms in total. The predicted octanol–water partition coefficient (Wildman–Crippen LogP) is 11.0. The number of hydrogen-bond acceptors (Lipinski definition) is 7. The number of carbonyl (C=O) groups is 6. The zero-order valence-electron chi connectivity index (χ0n) is 40.2. The van der Waals surface area contributed by atoms with Crippen LogP contribution < -0.4 is 5.11 Å². The summed E-state index contributed by atoms with van der Waals surface area (Å²) in [5.41, 5.74) is 8.80. The number of carboxylic acids is 2. The normalized spacial score (nSPS) is 10.9. The molecule has 8 rings (SSSR count). The molecule has 0 bridgehead atoms. The molecule has 9 heteroatoms. The Kier molecular flexibility index (Phi) is 21.7. The highest BCUT2D eigenvalue weighted by molar-refractivity contribution is 6.11. The van der Waals surface area contributed by atoms with Gasteiger partial charge in [-0.2, -0.15) is 0 Å². The van der Waals surface area contributed by atoms with Gasteiger partial charge in [0.05, 0.1) is 5.92 Å². The van der Waals surface area contributed by atoms with Crippen molar-refractivity contribution in [3.05, 3.63) is 285 Å². The predicted molar refractivity (Wildman–Crippen MR) is 277 cm³/mol. The van der Waals surface area contributed by atoms with E-state index in [1.165, 1.54) is 11.1 Å². The largest absolute Gasteiger partial charge is 0.550 e. The van der Waals surface area contributed by atoms with Crippen molar-refractivity contribution in [2.24, 2.45) is 0 Å². The Hall–Kier alpha value is -8.66. The third-order valence-corrected chi connectivity index (χ3v) is 11.4. The number of carbonyl (C=O) groups excluding carboxylic acids is 5. The lowest BCUT2D eigenvalue weighted by atomic mass is 9.96. The van der Waals surface area contributed by atoms with E-state index in [0.717, 1.165) is 35.1 Å². The highest BCUT2D eigenvalue weighted by Gasteiger charge is 2.17. The van der Waals surface area contributed by atoms with Crippen LogP contribution >= 0.6 is 0 Å². The van der Waals surface area contributed by atoms with Crippen LogP contribution in [-0.2, 0) is 22.4 Å². The van der Waals surface area contributed by atoms with Crippen LogP contribution in [0.2, 0.25) is 0 Å². The third-order valence-electron chi connectivity index (χ3n) is 11.4. The fraction of sp³-hybridized carbons (Fsp3) is 0.129. The van der Waals surface area contributed by atoms with Crippen molar-refractivity contribution in [2.45, 2.75) is 52.4 Å².